The summed E-state index contributed by atoms with van der Waals surface area (Å²) in [5.74, 6) is -1.33. The van der Waals surface area contributed by atoms with Crippen LogP contribution in [-0.4, -0.2) is 20.1 Å². The summed E-state index contributed by atoms with van der Waals surface area (Å²) < 4.78 is 36.2. The molecule has 0 saturated heterocycles. The molecule has 1 aromatic rings. The molecule has 0 atom stereocenters. The van der Waals surface area contributed by atoms with E-state index in [9.17, 15) is 12.8 Å². The van der Waals surface area contributed by atoms with Crippen LogP contribution in [0.3, 0.4) is 0 Å². The van der Waals surface area contributed by atoms with Gasteiger partial charge in [0.05, 0.1) is 17.4 Å². The highest BCUT2D eigenvalue weighted by atomic mass is 35.5. The van der Waals surface area contributed by atoms with Crippen molar-refractivity contribution in [3.05, 3.63) is 29.6 Å². The SMILES string of the molecule is N#Cc1ccc(S(=O)(=O)CCCl)c(F)c1. The van der Waals surface area contributed by atoms with Gasteiger partial charge in [-0.25, -0.2) is 12.8 Å². The van der Waals surface area contributed by atoms with Gasteiger partial charge in [-0.2, -0.15) is 5.26 Å². The van der Waals surface area contributed by atoms with Crippen molar-refractivity contribution in [3.8, 4) is 6.07 Å². The van der Waals surface area contributed by atoms with Gasteiger partial charge in [-0.15, -0.1) is 11.6 Å². The zero-order valence-electron chi connectivity index (χ0n) is 7.57. The van der Waals surface area contributed by atoms with Crippen molar-refractivity contribution < 1.29 is 12.8 Å². The van der Waals surface area contributed by atoms with Crippen molar-refractivity contribution in [1.82, 2.24) is 0 Å². The van der Waals surface area contributed by atoms with Crippen molar-refractivity contribution >= 4 is 21.4 Å². The van der Waals surface area contributed by atoms with Gasteiger partial charge in [0.15, 0.2) is 9.84 Å². The van der Waals surface area contributed by atoms with E-state index in [1.54, 1.807) is 6.07 Å². The number of sulfone groups is 1. The molecule has 0 amide bonds. The molecule has 0 radical (unpaired) electrons. The summed E-state index contributed by atoms with van der Waals surface area (Å²) >= 11 is 5.29. The molecule has 6 heteroatoms. The molecule has 3 nitrogen and oxygen atoms in total. The molecule has 0 heterocycles. The minimum atomic E-state index is -3.68. The molecule has 0 saturated carbocycles. The fourth-order valence-corrected chi connectivity index (χ4v) is 2.70. The molecule has 1 rings (SSSR count). The highest BCUT2D eigenvalue weighted by Crippen LogP contribution is 2.17. The van der Waals surface area contributed by atoms with Gasteiger partial charge in [0.1, 0.15) is 10.7 Å². The third kappa shape index (κ3) is 2.67. The molecule has 0 aliphatic carbocycles. The number of rotatable bonds is 3. The summed E-state index contributed by atoms with van der Waals surface area (Å²) in [5.41, 5.74) is 0.0809. The number of nitriles is 1. The fourth-order valence-electron chi connectivity index (χ4n) is 1.03. The first-order valence-corrected chi connectivity index (χ1v) is 6.18. The molecule has 0 fully saturated rings. The number of hydrogen-bond acceptors (Lipinski definition) is 3. The van der Waals surface area contributed by atoms with Gasteiger partial charge in [0.25, 0.3) is 0 Å². The number of halogens is 2. The molecular formula is C9H7ClFNO2S. The monoisotopic (exact) mass is 247 g/mol. The number of benzene rings is 1. The van der Waals surface area contributed by atoms with Gasteiger partial charge in [-0.05, 0) is 18.2 Å². The molecule has 1 aromatic carbocycles. The van der Waals surface area contributed by atoms with Crippen LogP contribution in [0.25, 0.3) is 0 Å². The van der Waals surface area contributed by atoms with Crippen LogP contribution >= 0.6 is 11.6 Å². The van der Waals surface area contributed by atoms with Crippen LogP contribution in [0.4, 0.5) is 4.39 Å². The van der Waals surface area contributed by atoms with Crippen molar-refractivity contribution in [3.63, 3.8) is 0 Å². The molecular weight excluding hydrogens is 241 g/mol. The van der Waals surface area contributed by atoms with Gasteiger partial charge in [-0.1, -0.05) is 0 Å². The van der Waals surface area contributed by atoms with Gasteiger partial charge in [0, 0.05) is 5.88 Å². The number of hydrogen-bond donors (Lipinski definition) is 0. The van der Waals surface area contributed by atoms with Crippen LogP contribution in [0.2, 0.25) is 0 Å². The van der Waals surface area contributed by atoms with E-state index in [1.807, 2.05) is 0 Å². The van der Waals surface area contributed by atoms with E-state index < -0.39 is 20.5 Å². The lowest BCUT2D eigenvalue weighted by molar-refractivity contribution is 0.567. The Bertz CT molecular complexity index is 507. The first-order chi connectivity index (χ1) is 7.01. The molecule has 0 aliphatic rings. The third-order valence-corrected chi connectivity index (χ3v) is 3.90. The minimum Gasteiger partial charge on any atom is -0.224 e. The molecule has 0 aromatic heterocycles. The molecule has 0 aliphatic heterocycles. The Labute approximate surface area is 92.0 Å². The van der Waals surface area contributed by atoms with Crippen LogP contribution in [0, 0.1) is 17.1 Å². The molecule has 0 spiro atoms. The first kappa shape index (κ1) is 12.0. The van der Waals surface area contributed by atoms with E-state index >= 15 is 0 Å². The lowest BCUT2D eigenvalue weighted by Gasteiger charge is -2.03. The quantitative estimate of drug-likeness (QED) is 0.764. The lowest BCUT2D eigenvalue weighted by Crippen LogP contribution is -2.10. The normalized spacial score (nSPS) is 11.0. The maximum atomic E-state index is 13.3. The van der Waals surface area contributed by atoms with Crippen LogP contribution < -0.4 is 0 Å². The maximum absolute atomic E-state index is 13.3. The Kier molecular flexibility index (Phi) is 3.66. The molecule has 0 N–H and O–H groups in total. The van der Waals surface area contributed by atoms with Gasteiger partial charge >= 0.3 is 0 Å². The van der Waals surface area contributed by atoms with Crippen LogP contribution in [0.5, 0.6) is 0 Å². The van der Waals surface area contributed by atoms with Crippen molar-refractivity contribution in [2.75, 3.05) is 11.6 Å². The van der Waals surface area contributed by atoms with E-state index in [4.69, 9.17) is 16.9 Å². The first-order valence-electron chi connectivity index (χ1n) is 3.99. The zero-order chi connectivity index (χ0) is 11.5. The Balaban J connectivity index is 3.24. The average Bonchev–Trinajstić information content (AvgIpc) is 2.17. The Morgan fingerprint density at radius 3 is 2.60 bits per heavy atom. The molecule has 80 valence electrons. The van der Waals surface area contributed by atoms with Crippen molar-refractivity contribution in [2.24, 2.45) is 0 Å². The maximum Gasteiger partial charge on any atom is 0.182 e. The second-order valence-electron chi connectivity index (χ2n) is 2.76. The van der Waals surface area contributed by atoms with E-state index in [2.05, 4.69) is 0 Å². The predicted molar refractivity (Wildman–Crippen MR) is 53.9 cm³/mol. The van der Waals surface area contributed by atoms with E-state index in [1.165, 1.54) is 6.07 Å². The van der Waals surface area contributed by atoms with E-state index in [0.717, 1.165) is 12.1 Å². The minimum absolute atomic E-state index is 0.0809. The van der Waals surface area contributed by atoms with Crippen molar-refractivity contribution in [1.29, 1.82) is 5.26 Å². The van der Waals surface area contributed by atoms with Gasteiger partial charge < -0.3 is 0 Å². The summed E-state index contributed by atoms with van der Waals surface area (Å²) in [7, 11) is -3.68. The second kappa shape index (κ2) is 4.60. The topological polar surface area (TPSA) is 57.9 Å². The predicted octanol–water partition coefficient (Wildman–Crippen LogP) is 1.71. The van der Waals surface area contributed by atoms with Crippen LogP contribution in [0.1, 0.15) is 5.56 Å². The van der Waals surface area contributed by atoms with Gasteiger partial charge in [-0.3, -0.25) is 0 Å². The fraction of sp³-hybridized carbons (Fsp3) is 0.222. The summed E-state index contributed by atoms with van der Waals surface area (Å²) in [5, 5.41) is 8.47. The molecule has 0 unspecified atom stereocenters. The van der Waals surface area contributed by atoms with Crippen molar-refractivity contribution in [2.45, 2.75) is 4.90 Å². The van der Waals surface area contributed by atoms with Crippen LogP contribution in [-0.2, 0) is 9.84 Å². The third-order valence-electron chi connectivity index (χ3n) is 1.74. The summed E-state index contributed by atoms with van der Waals surface area (Å²) in [4.78, 5) is -0.415. The van der Waals surface area contributed by atoms with E-state index in [0.29, 0.717) is 0 Å². The largest absolute Gasteiger partial charge is 0.224 e. The number of alkyl halides is 1. The molecule has 15 heavy (non-hydrogen) atoms. The summed E-state index contributed by atoms with van der Waals surface area (Å²) in [6.07, 6.45) is 0. The number of nitrogens with zero attached hydrogens (tertiary/aromatic N) is 1. The Hall–Kier alpha value is -1.12. The summed E-state index contributed by atoms with van der Waals surface area (Å²) in [6.45, 7) is 0. The lowest BCUT2D eigenvalue weighted by atomic mass is 10.2. The highest BCUT2D eigenvalue weighted by Gasteiger charge is 2.18. The van der Waals surface area contributed by atoms with E-state index in [-0.39, 0.29) is 17.2 Å². The second-order valence-corrected chi connectivity index (χ2v) is 5.22. The average molecular weight is 248 g/mol. The standard InChI is InChI=1S/C9H7ClFNO2S/c10-3-4-15(13,14)9-2-1-7(6-12)5-8(9)11/h1-2,5H,3-4H2. The Morgan fingerprint density at radius 2 is 2.13 bits per heavy atom. The molecule has 0 bridgehead atoms. The highest BCUT2D eigenvalue weighted by molar-refractivity contribution is 7.91. The van der Waals surface area contributed by atoms with Crippen LogP contribution in [0.15, 0.2) is 23.1 Å². The Morgan fingerprint density at radius 1 is 1.47 bits per heavy atom. The summed E-state index contributed by atoms with van der Waals surface area (Å²) in [6, 6.07) is 4.94. The zero-order valence-corrected chi connectivity index (χ0v) is 9.15. The van der Waals surface area contributed by atoms with Gasteiger partial charge in [0.2, 0.25) is 0 Å². The smallest absolute Gasteiger partial charge is 0.182 e.